The van der Waals surface area contributed by atoms with Gasteiger partial charge >= 0.3 is 6.03 Å². The smallest absolute Gasteiger partial charge is 0.319 e. The second-order valence-corrected chi connectivity index (χ2v) is 2.93. The SMILES string of the molecule is NC(=O)NC(=O)/C=C/c1ccc(O)c(O)c1. The van der Waals surface area contributed by atoms with E-state index in [1.807, 2.05) is 5.32 Å². The summed E-state index contributed by atoms with van der Waals surface area (Å²) in [4.78, 5) is 21.3. The van der Waals surface area contributed by atoms with Gasteiger partial charge in [0, 0.05) is 6.08 Å². The number of urea groups is 1. The number of amides is 3. The van der Waals surface area contributed by atoms with E-state index in [1.54, 1.807) is 0 Å². The van der Waals surface area contributed by atoms with Crippen LogP contribution in [-0.2, 0) is 4.79 Å². The molecular formula is C10H10N2O4. The number of carbonyl (C=O) groups excluding carboxylic acids is 2. The van der Waals surface area contributed by atoms with Gasteiger partial charge in [-0.2, -0.15) is 0 Å². The van der Waals surface area contributed by atoms with Crippen LogP contribution in [0.2, 0.25) is 0 Å². The second-order valence-electron chi connectivity index (χ2n) is 2.93. The highest BCUT2D eigenvalue weighted by atomic mass is 16.3. The molecule has 0 bridgehead atoms. The van der Waals surface area contributed by atoms with Gasteiger partial charge in [-0.3, -0.25) is 10.1 Å². The molecule has 1 aromatic carbocycles. The maximum Gasteiger partial charge on any atom is 0.319 e. The lowest BCUT2D eigenvalue weighted by Crippen LogP contribution is -2.33. The Labute approximate surface area is 91.0 Å². The zero-order valence-electron chi connectivity index (χ0n) is 8.18. The Morgan fingerprint density at radius 3 is 2.50 bits per heavy atom. The van der Waals surface area contributed by atoms with E-state index >= 15 is 0 Å². The maximum atomic E-state index is 11.0. The van der Waals surface area contributed by atoms with Crippen LogP contribution in [0, 0.1) is 0 Å². The quantitative estimate of drug-likeness (QED) is 0.426. The first-order chi connectivity index (χ1) is 7.49. The predicted molar refractivity (Wildman–Crippen MR) is 56.5 cm³/mol. The van der Waals surface area contributed by atoms with Crippen LogP contribution in [0.25, 0.3) is 6.08 Å². The fourth-order valence-electron chi connectivity index (χ4n) is 0.979. The number of nitrogens with two attached hydrogens (primary N) is 1. The Hall–Kier alpha value is -2.50. The molecule has 0 aliphatic carbocycles. The fraction of sp³-hybridized carbons (Fsp3) is 0. The predicted octanol–water partition coefficient (Wildman–Crippen LogP) is 0.306. The number of hydrogen-bond acceptors (Lipinski definition) is 4. The molecule has 0 fully saturated rings. The molecular weight excluding hydrogens is 212 g/mol. The largest absolute Gasteiger partial charge is 0.504 e. The minimum Gasteiger partial charge on any atom is -0.504 e. The summed E-state index contributed by atoms with van der Waals surface area (Å²) < 4.78 is 0. The molecule has 0 unspecified atom stereocenters. The van der Waals surface area contributed by atoms with Crippen molar-refractivity contribution in [2.24, 2.45) is 5.73 Å². The Morgan fingerprint density at radius 2 is 1.94 bits per heavy atom. The van der Waals surface area contributed by atoms with E-state index in [4.69, 9.17) is 15.9 Å². The van der Waals surface area contributed by atoms with E-state index in [0.29, 0.717) is 5.56 Å². The van der Waals surface area contributed by atoms with E-state index in [9.17, 15) is 9.59 Å². The van der Waals surface area contributed by atoms with E-state index < -0.39 is 11.9 Å². The highest BCUT2D eigenvalue weighted by molar-refractivity contribution is 6.01. The highest BCUT2D eigenvalue weighted by Gasteiger charge is 2.00. The molecule has 3 amide bonds. The monoisotopic (exact) mass is 222 g/mol. The third-order valence-corrected chi connectivity index (χ3v) is 1.67. The summed E-state index contributed by atoms with van der Waals surface area (Å²) in [6.07, 6.45) is 2.44. The molecule has 1 aromatic rings. The first kappa shape index (κ1) is 11.6. The molecule has 0 saturated carbocycles. The molecule has 5 N–H and O–H groups in total. The molecule has 6 heteroatoms. The first-order valence-corrected chi connectivity index (χ1v) is 4.29. The van der Waals surface area contributed by atoms with Crippen LogP contribution in [-0.4, -0.2) is 22.2 Å². The van der Waals surface area contributed by atoms with Gasteiger partial charge in [0.15, 0.2) is 11.5 Å². The van der Waals surface area contributed by atoms with Gasteiger partial charge in [0.05, 0.1) is 0 Å². The van der Waals surface area contributed by atoms with Crippen molar-refractivity contribution in [2.75, 3.05) is 0 Å². The summed E-state index contributed by atoms with van der Waals surface area (Å²) in [5.74, 6) is -1.21. The number of benzene rings is 1. The zero-order valence-corrected chi connectivity index (χ0v) is 8.18. The number of rotatable bonds is 2. The zero-order chi connectivity index (χ0) is 12.1. The van der Waals surface area contributed by atoms with E-state index in [1.165, 1.54) is 24.3 Å². The number of phenolic OH excluding ortho intramolecular Hbond substituents is 2. The normalized spacial score (nSPS) is 10.2. The van der Waals surface area contributed by atoms with Crippen LogP contribution < -0.4 is 11.1 Å². The molecule has 0 atom stereocenters. The Bertz CT molecular complexity index is 454. The summed E-state index contributed by atoms with van der Waals surface area (Å²) >= 11 is 0. The molecule has 0 saturated heterocycles. The number of aromatic hydroxyl groups is 2. The molecule has 0 spiro atoms. The summed E-state index contributed by atoms with van der Waals surface area (Å²) in [6.45, 7) is 0. The Kier molecular flexibility index (Phi) is 3.49. The maximum absolute atomic E-state index is 11.0. The van der Waals surface area contributed by atoms with Crippen molar-refractivity contribution in [2.45, 2.75) is 0 Å². The Balaban J connectivity index is 2.73. The topological polar surface area (TPSA) is 113 Å². The van der Waals surface area contributed by atoms with Gasteiger partial charge < -0.3 is 15.9 Å². The number of phenols is 2. The van der Waals surface area contributed by atoms with Gasteiger partial charge in [0.2, 0.25) is 0 Å². The summed E-state index contributed by atoms with van der Waals surface area (Å²) in [5, 5.41) is 20.0. The summed E-state index contributed by atoms with van der Waals surface area (Å²) in [5.41, 5.74) is 5.22. The standard InChI is InChI=1S/C10H10N2O4/c11-10(16)12-9(15)4-2-6-1-3-7(13)8(14)5-6/h1-5,13-14H,(H3,11,12,15,16)/b4-2+. The average molecular weight is 222 g/mol. The van der Waals surface area contributed by atoms with Crippen molar-refractivity contribution in [3.8, 4) is 11.5 Å². The van der Waals surface area contributed by atoms with Gasteiger partial charge in [-0.05, 0) is 23.8 Å². The first-order valence-electron chi connectivity index (χ1n) is 4.29. The van der Waals surface area contributed by atoms with Crippen molar-refractivity contribution < 1.29 is 19.8 Å². The van der Waals surface area contributed by atoms with Gasteiger partial charge in [-0.1, -0.05) is 6.07 Å². The average Bonchev–Trinajstić information content (AvgIpc) is 2.19. The molecule has 1 rings (SSSR count). The van der Waals surface area contributed by atoms with Crippen molar-refractivity contribution in [1.82, 2.24) is 5.32 Å². The lowest BCUT2D eigenvalue weighted by atomic mass is 10.2. The lowest BCUT2D eigenvalue weighted by molar-refractivity contribution is -0.115. The minimum absolute atomic E-state index is 0.251. The van der Waals surface area contributed by atoms with Gasteiger partial charge in [0.25, 0.3) is 5.91 Å². The molecule has 0 radical (unpaired) electrons. The molecule has 6 nitrogen and oxygen atoms in total. The van der Waals surface area contributed by atoms with Crippen LogP contribution in [0.15, 0.2) is 24.3 Å². The van der Waals surface area contributed by atoms with Gasteiger partial charge in [-0.15, -0.1) is 0 Å². The third kappa shape index (κ3) is 3.33. The van der Waals surface area contributed by atoms with E-state index in [2.05, 4.69) is 0 Å². The number of imide groups is 1. The number of carbonyl (C=O) groups is 2. The van der Waals surface area contributed by atoms with Crippen molar-refractivity contribution >= 4 is 18.0 Å². The number of hydrogen-bond donors (Lipinski definition) is 4. The van der Waals surface area contributed by atoms with E-state index in [0.717, 1.165) is 6.08 Å². The number of nitrogens with one attached hydrogen (secondary N) is 1. The second kappa shape index (κ2) is 4.83. The lowest BCUT2D eigenvalue weighted by Gasteiger charge is -1.98. The minimum atomic E-state index is -0.941. The van der Waals surface area contributed by atoms with Gasteiger partial charge in [-0.25, -0.2) is 4.79 Å². The summed E-state index contributed by atoms with van der Waals surface area (Å²) in [6, 6.07) is 3.09. The number of primary amides is 1. The molecule has 16 heavy (non-hydrogen) atoms. The van der Waals surface area contributed by atoms with Crippen molar-refractivity contribution in [3.05, 3.63) is 29.8 Å². The van der Waals surface area contributed by atoms with Crippen LogP contribution >= 0.6 is 0 Å². The van der Waals surface area contributed by atoms with Crippen LogP contribution in [0.4, 0.5) is 4.79 Å². The third-order valence-electron chi connectivity index (χ3n) is 1.67. The highest BCUT2D eigenvalue weighted by Crippen LogP contribution is 2.25. The van der Waals surface area contributed by atoms with Gasteiger partial charge in [0.1, 0.15) is 0 Å². The fourth-order valence-corrected chi connectivity index (χ4v) is 0.979. The van der Waals surface area contributed by atoms with Crippen LogP contribution in [0.1, 0.15) is 5.56 Å². The van der Waals surface area contributed by atoms with Crippen molar-refractivity contribution in [3.63, 3.8) is 0 Å². The molecule has 0 aromatic heterocycles. The van der Waals surface area contributed by atoms with Crippen molar-refractivity contribution in [1.29, 1.82) is 0 Å². The molecule has 84 valence electrons. The summed E-state index contributed by atoms with van der Waals surface area (Å²) in [7, 11) is 0. The molecule has 0 aliphatic heterocycles. The van der Waals surface area contributed by atoms with Crippen LogP contribution in [0.3, 0.4) is 0 Å². The molecule has 0 heterocycles. The van der Waals surface area contributed by atoms with E-state index in [-0.39, 0.29) is 11.5 Å². The van der Waals surface area contributed by atoms with Crippen LogP contribution in [0.5, 0.6) is 11.5 Å². The Morgan fingerprint density at radius 1 is 1.25 bits per heavy atom. The molecule has 0 aliphatic rings.